The highest BCUT2D eigenvalue weighted by Gasteiger charge is 2.10. The molecule has 0 aliphatic rings. The lowest BCUT2D eigenvalue weighted by atomic mass is 10.4. The molecule has 1 N–H and O–H groups in total. The van der Waals surface area contributed by atoms with Crippen molar-refractivity contribution in [1.82, 2.24) is 19.9 Å². The van der Waals surface area contributed by atoms with Crippen LogP contribution in [-0.4, -0.2) is 31.6 Å². The topological polar surface area (TPSA) is 77.0 Å². The van der Waals surface area contributed by atoms with Crippen LogP contribution in [0.1, 0.15) is 5.82 Å². The van der Waals surface area contributed by atoms with Gasteiger partial charge in [0.25, 0.3) is 5.89 Å². The van der Waals surface area contributed by atoms with E-state index < -0.39 is 0 Å². The maximum atomic E-state index is 8.66. The van der Waals surface area contributed by atoms with E-state index in [2.05, 4.69) is 15.2 Å². The molecule has 2 aromatic heterocycles. The van der Waals surface area contributed by atoms with Gasteiger partial charge in [0.15, 0.2) is 11.5 Å². The summed E-state index contributed by atoms with van der Waals surface area (Å²) in [4.78, 5) is 4.07. The summed E-state index contributed by atoms with van der Waals surface area (Å²) in [7, 11) is 1.81. The number of hydrogen-bond donors (Lipinski definition) is 1. The number of aromatic nitrogens is 4. The maximum Gasteiger partial charge on any atom is 0.278 e. The smallest absolute Gasteiger partial charge is 0.278 e. The van der Waals surface area contributed by atoms with Gasteiger partial charge >= 0.3 is 0 Å². The molecular formula is C8H10N4O2. The molecule has 0 saturated carbocycles. The van der Waals surface area contributed by atoms with E-state index in [9.17, 15) is 0 Å². The Hall–Kier alpha value is -1.69. The first-order valence-corrected chi connectivity index (χ1v) is 4.23. The molecule has 0 aliphatic heterocycles. The summed E-state index contributed by atoms with van der Waals surface area (Å²) >= 11 is 0. The predicted octanol–water partition coefficient (Wildman–Crippen LogP) is 0.00490. The minimum atomic E-state index is 0.0151. The molecule has 0 amide bonds. The summed E-state index contributed by atoms with van der Waals surface area (Å²) in [5, 5.41) is 16.5. The average molecular weight is 194 g/mol. The third-order valence-electron chi connectivity index (χ3n) is 1.74. The van der Waals surface area contributed by atoms with Crippen LogP contribution in [0.2, 0.25) is 0 Å². The van der Waals surface area contributed by atoms with Gasteiger partial charge in [-0.1, -0.05) is 5.16 Å². The Labute approximate surface area is 80.2 Å². The van der Waals surface area contributed by atoms with Crippen molar-refractivity contribution in [3.63, 3.8) is 0 Å². The second-order valence-corrected chi connectivity index (χ2v) is 2.86. The molecule has 0 unspecified atom stereocenters. The lowest BCUT2D eigenvalue weighted by Crippen LogP contribution is -1.92. The van der Waals surface area contributed by atoms with Crippen molar-refractivity contribution in [2.24, 2.45) is 7.05 Å². The van der Waals surface area contributed by atoms with Crippen molar-refractivity contribution in [2.45, 2.75) is 6.42 Å². The van der Waals surface area contributed by atoms with Crippen molar-refractivity contribution >= 4 is 0 Å². The fourth-order valence-corrected chi connectivity index (χ4v) is 1.09. The minimum Gasteiger partial charge on any atom is -0.396 e. The summed E-state index contributed by atoms with van der Waals surface area (Å²) < 4.78 is 6.63. The summed E-state index contributed by atoms with van der Waals surface area (Å²) in [6.45, 7) is 0.0151. The van der Waals surface area contributed by atoms with Crippen LogP contribution < -0.4 is 0 Å². The Balaban J connectivity index is 2.24. The van der Waals surface area contributed by atoms with E-state index in [0.717, 1.165) is 0 Å². The van der Waals surface area contributed by atoms with Gasteiger partial charge in [0.1, 0.15) is 0 Å². The van der Waals surface area contributed by atoms with Gasteiger partial charge in [0.2, 0.25) is 0 Å². The van der Waals surface area contributed by atoms with Gasteiger partial charge in [-0.3, -0.25) is 4.68 Å². The molecule has 0 radical (unpaired) electrons. The SMILES string of the molecule is Cn1ccc(-c2nc(CCO)no2)n1. The monoisotopic (exact) mass is 194 g/mol. The number of nitrogens with zero attached hydrogens (tertiary/aromatic N) is 4. The third-order valence-corrected chi connectivity index (χ3v) is 1.74. The Morgan fingerprint density at radius 2 is 2.43 bits per heavy atom. The van der Waals surface area contributed by atoms with Crippen LogP contribution in [-0.2, 0) is 13.5 Å². The number of aliphatic hydroxyl groups is 1. The van der Waals surface area contributed by atoms with Crippen LogP contribution in [0.5, 0.6) is 0 Å². The standard InChI is InChI=1S/C8H10N4O2/c1-12-4-2-6(10-12)8-9-7(3-5-13)11-14-8/h2,4,13H,3,5H2,1H3. The highest BCUT2D eigenvalue weighted by Crippen LogP contribution is 2.13. The van der Waals surface area contributed by atoms with Crippen LogP contribution in [0.25, 0.3) is 11.6 Å². The highest BCUT2D eigenvalue weighted by molar-refractivity contribution is 5.44. The van der Waals surface area contributed by atoms with E-state index in [4.69, 9.17) is 9.63 Å². The van der Waals surface area contributed by atoms with Crippen LogP contribution in [0, 0.1) is 0 Å². The molecule has 2 heterocycles. The number of hydrogen-bond acceptors (Lipinski definition) is 5. The Bertz CT molecular complexity index is 420. The van der Waals surface area contributed by atoms with Crippen LogP contribution in [0.4, 0.5) is 0 Å². The Morgan fingerprint density at radius 3 is 3.07 bits per heavy atom. The second-order valence-electron chi connectivity index (χ2n) is 2.86. The van der Waals surface area contributed by atoms with Crippen molar-refractivity contribution in [2.75, 3.05) is 6.61 Å². The molecule has 2 rings (SSSR count). The van der Waals surface area contributed by atoms with Gasteiger partial charge < -0.3 is 9.63 Å². The minimum absolute atomic E-state index is 0.0151. The predicted molar refractivity (Wildman–Crippen MR) is 47.3 cm³/mol. The van der Waals surface area contributed by atoms with Gasteiger partial charge in [-0.2, -0.15) is 10.1 Å². The second kappa shape index (κ2) is 3.59. The molecule has 2 aromatic rings. The van der Waals surface area contributed by atoms with E-state index in [0.29, 0.717) is 23.8 Å². The summed E-state index contributed by atoms with van der Waals surface area (Å²) in [5.74, 6) is 0.877. The zero-order chi connectivity index (χ0) is 9.97. The Kier molecular flexibility index (Phi) is 2.28. The molecule has 0 aromatic carbocycles. The first kappa shape index (κ1) is 8.89. The van der Waals surface area contributed by atoms with Gasteiger partial charge in [0.05, 0.1) is 6.61 Å². The fraction of sp³-hybridized carbons (Fsp3) is 0.375. The van der Waals surface area contributed by atoms with Crippen LogP contribution in [0.3, 0.4) is 0 Å². The quantitative estimate of drug-likeness (QED) is 0.744. The first-order chi connectivity index (χ1) is 6.79. The van der Waals surface area contributed by atoms with Crippen LogP contribution in [0.15, 0.2) is 16.8 Å². The third kappa shape index (κ3) is 1.64. The van der Waals surface area contributed by atoms with Crippen LogP contribution >= 0.6 is 0 Å². The number of aryl methyl sites for hydroxylation is 1. The van der Waals surface area contributed by atoms with E-state index in [-0.39, 0.29) is 6.61 Å². The molecule has 0 saturated heterocycles. The van der Waals surface area contributed by atoms with Crippen molar-refractivity contribution in [3.05, 3.63) is 18.1 Å². The largest absolute Gasteiger partial charge is 0.396 e. The van der Waals surface area contributed by atoms with E-state index in [1.807, 2.05) is 7.05 Å². The molecule has 0 fully saturated rings. The van der Waals surface area contributed by atoms with Crippen molar-refractivity contribution < 1.29 is 9.63 Å². The fourth-order valence-electron chi connectivity index (χ4n) is 1.09. The number of aliphatic hydroxyl groups excluding tert-OH is 1. The molecule has 0 spiro atoms. The molecule has 6 heteroatoms. The van der Waals surface area contributed by atoms with E-state index >= 15 is 0 Å². The average Bonchev–Trinajstić information content (AvgIpc) is 2.74. The van der Waals surface area contributed by atoms with Crippen molar-refractivity contribution in [1.29, 1.82) is 0 Å². The molecule has 14 heavy (non-hydrogen) atoms. The summed E-state index contributed by atoms with van der Waals surface area (Å²) in [6.07, 6.45) is 2.20. The molecule has 0 bridgehead atoms. The lowest BCUT2D eigenvalue weighted by Gasteiger charge is -1.85. The summed E-state index contributed by atoms with van der Waals surface area (Å²) in [5.41, 5.74) is 0.643. The van der Waals surface area contributed by atoms with Gasteiger partial charge in [-0.25, -0.2) is 0 Å². The van der Waals surface area contributed by atoms with Crippen molar-refractivity contribution in [3.8, 4) is 11.6 Å². The maximum absolute atomic E-state index is 8.66. The normalized spacial score (nSPS) is 10.7. The van der Waals surface area contributed by atoms with E-state index in [1.54, 1.807) is 16.9 Å². The Morgan fingerprint density at radius 1 is 1.57 bits per heavy atom. The molecule has 6 nitrogen and oxygen atoms in total. The number of rotatable bonds is 3. The zero-order valence-corrected chi connectivity index (χ0v) is 7.71. The molecule has 0 aliphatic carbocycles. The lowest BCUT2D eigenvalue weighted by molar-refractivity contribution is 0.293. The van der Waals surface area contributed by atoms with E-state index in [1.165, 1.54) is 0 Å². The first-order valence-electron chi connectivity index (χ1n) is 4.23. The zero-order valence-electron chi connectivity index (χ0n) is 7.71. The molecule has 0 atom stereocenters. The van der Waals surface area contributed by atoms with Gasteiger partial charge in [-0.05, 0) is 6.07 Å². The van der Waals surface area contributed by atoms with Gasteiger partial charge in [-0.15, -0.1) is 0 Å². The summed E-state index contributed by atoms with van der Waals surface area (Å²) in [6, 6.07) is 1.79. The van der Waals surface area contributed by atoms with Gasteiger partial charge in [0, 0.05) is 19.7 Å². The molecular weight excluding hydrogens is 184 g/mol. The highest BCUT2D eigenvalue weighted by atomic mass is 16.5. The molecule has 74 valence electrons.